The fourth-order valence-electron chi connectivity index (χ4n) is 1.51. The molecule has 1 aromatic rings. The molecule has 1 aromatic heterocycles. The van der Waals surface area contributed by atoms with Crippen LogP contribution in [0.2, 0.25) is 0 Å². The van der Waals surface area contributed by atoms with Gasteiger partial charge in [-0.1, -0.05) is 18.3 Å². The van der Waals surface area contributed by atoms with E-state index in [4.69, 9.17) is 12.2 Å². The summed E-state index contributed by atoms with van der Waals surface area (Å²) < 4.78 is 0. The molecule has 88 valence electrons. The quantitative estimate of drug-likeness (QED) is 0.673. The van der Waals surface area contributed by atoms with Crippen molar-refractivity contribution in [3.8, 4) is 0 Å². The molecule has 0 atom stereocenters. The first-order valence-electron chi connectivity index (χ1n) is 5.07. The van der Waals surface area contributed by atoms with Gasteiger partial charge in [0.2, 0.25) is 0 Å². The minimum atomic E-state index is -0.220. The number of anilines is 1. The molecule has 0 saturated carbocycles. The number of pyridine rings is 1. The largest absolute Gasteiger partial charge is 0.510 e. The zero-order chi connectivity index (χ0) is 12.3. The van der Waals surface area contributed by atoms with Crippen LogP contribution in [0.3, 0.4) is 0 Å². The summed E-state index contributed by atoms with van der Waals surface area (Å²) in [6.45, 7) is 0.439. The highest BCUT2D eigenvalue weighted by Crippen LogP contribution is 2.12. The van der Waals surface area contributed by atoms with Crippen LogP contribution in [0.1, 0.15) is 0 Å². The van der Waals surface area contributed by atoms with Gasteiger partial charge in [0.15, 0.2) is 5.78 Å². The Balaban J connectivity index is 2.18. The van der Waals surface area contributed by atoms with E-state index in [9.17, 15) is 9.90 Å². The van der Waals surface area contributed by atoms with Crippen molar-refractivity contribution in [1.29, 1.82) is 0 Å². The Morgan fingerprint density at radius 1 is 1.47 bits per heavy atom. The van der Waals surface area contributed by atoms with Crippen LogP contribution >= 0.6 is 12.2 Å². The molecule has 1 aliphatic heterocycles. The van der Waals surface area contributed by atoms with E-state index in [0.717, 1.165) is 0 Å². The number of hydrogen-bond acceptors (Lipinski definition) is 5. The molecule has 6 heteroatoms. The van der Waals surface area contributed by atoms with Gasteiger partial charge in [0.25, 0.3) is 0 Å². The first-order valence-corrected chi connectivity index (χ1v) is 5.47. The number of carbonyl (C=O) groups excluding carboxylic acids is 1. The maximum Gasteiger partial charge on any atom is 0.183 e. The van der Waals surface area contributed by atoms with Gasteiger partial charge in [0, 0.05) is 6.20 Å². The van der Waals surface area contributed by atoms with Crippen LogP contribution in [-0.4, -0.2) is 34.0 Å². The first-order chi connectivity index (χ1) is 8.18. The summed E-state index contributed by atoms with van der Waals surface area (Å²) in [4.78, 5) is 15.8. The topological polar surface area (TPSA) is 74.2 Å². The summed E-state index contributed by atoms with van der Waals surface area (Å²) in [6.07, 6.45) is 1.61. The number of aromatic nitrogens is 1. The van der Waals surface area contributed by atoms with Gasteiger partial charge in [-0.3, -0.25) is 4.79 Å². The van der Waals surface area contributed by atoms with Gasteiger partial charge in [-0.25, -0.2) is 4.98 Å². The number of Topliss-reactive ketones (excluding diaryl/α,β-unsaturated/α-hetero) is 1. The van der Waals surface area contributed by atoms with Gasteiger partial charge in [0.1, 0.15) is 16.6 Å². The summed E-state index contributed by atoms with van der Waals surface area (Å²) in [5, 5.41) is 15.2. The first kappa shape index (κ1) is 11.7. The van der Waals surface area contributed by atoms with Gasteiger partial charge in [-0.15, -0.1) is 0 Å². The molecule has 0 saturated heterocycles. The van der Waals surface area contributed by atoms with Crippen LogP contribution in [0.25, 0.3) is 0 Å². The number of ketones is 1. The highest BCUT2D eigenvalue weighted by molar-refractivity contribution is 7.81. The smallest absolute Gasteiger partial charge is 0.183 e. The van der Waals surface area contributed by atoms with Gasteiger partial charge in [0.05, 0.1) is 18.7 Å². The van der Waals surface area contributed by atoms with E-state index < -0.39 is 0 Å². The number of thiocarbonyl (C=S) groups is 1. The molecule has 5 nitrogen and oxygen atoms in total. The SMILES string of the molecule is O=C1CNCC(O)=C1C(=S)Nc1ccccn1. The molecular weight excluding hydrogens is 238 g/mol. The second-order valence-corrected chi connectivity index (χ2v) is 3.93. The number of aliphatic hydroxyl groups is 1. The minimum absolute atomic E-state index is 0.0327. The Morgan fingerprint density at radius 3 is 2.94 bits per heavy atom. The van der Waals surface area contributed by atoms with Gasteiger partial charge in [-0.2, -0.15) is 0 Å². The predicted octanol–water partition coefficient (Wildman–Crippen LogP) is 0.805. The molecule has 2 heterocycles. The highest BCUT2D eigenvalue weighted by atomic mass is 32.1. The van der Waals surface area contributed by atoms with Crippen LogP contribution in [-0.2, 0) is 4.79 Å². The van der Waals surface area contributed by atoms with Crippen molar-refractivity contribution in [2.45, 2.75) is 0 Å². The molecule has 17 heavy (non-hydrogen) atoms. The molecule has 0 unspecified atom stereocenters. The van der Waals surface area contributed by atoms with Crippen LogP contribution in [0.5, 0.6) is 0 Å². The molecule has 0 spiro atoms. The number of hydrogen-bond donors (Lipinski definition) is 3. The standard InChI is InChI=1S/C11H11N3O2S/c15-7-5-12-6-8(16)10(7)11(17)14-9-3-1-2-4-13-9/h1-4,12,15H,5-6H2,(H,13,14,17). The van der Waals surface area contributed by atoms with Crippen LogP contribution in [0.15, 0.2) is 35.7 Å². The normalized spacial score (nSPS) is 15.9. The van der Waals surface area contributed by atoms with Crippen molar-refractivity contribution in [2.75, 3.05) is 18.4 Å². The zero-order valence-corrected chi connectivity index (χ0v) is 9.75. The fraction of sp³-hybridized carbons (Fsp3) is 0.182. The average molecular weight is 249 g/mol. The van der Waals surface area contributed by atoms with E-state index >= 15 is 0 Å². The van der Waals surface area contributed by atoms with E-state index in [1.165, 1.54) is 0 Å². The third-order valence-corrected chi connectivity index (χ3v) is 2.59. The van der Waals surface area contributed by atoms with Crippen molar-refractivity contribution in [1.82, 2.24) is 10.3 Å². The number of carbonyl (C=O) groups is 1. The third kappa shape index (κ3) is 2.66. The van der Waals surface area contributed by atoms with Gasteiger partial charge >= 0.3 is 0 Å². The molecule has 0 aliphatic carbocycles. The fourth-order valence-corrected chi connectivity index (χ4v) is 1.84. The van der Waals surface area contributed by atoms with Crippen molar-refractivity contribution in [3.63, 3.8) is 0 Å². The Hall–Kier alpha value is -1.79. The number of nitrogens with one attached hydrogen (secondary N) is 2. The van der Waals surface area contributed by atoms with Crippen LogP contribution in [0.4, 0.5) is 5.82 Å². The lowest BCUT2D eigenvalue weighted by atomic mass is 10.1. The van der Waals surface area contributed by atoms with Crippen molar-refractivity contribution >= 4 is 28.8 Å². The second-order valence-electron chi connectivity index (χ2n) is 3.52. The summed E-state index contributed by atoms with van der Waals surface area (Å²) in [5.74, 6) is 0.293. The Kier molecular flexibility index (Phi) is 3.46. The zero-order valence-electron chi connectivity index (χ0n) is 8.93. The molecule has 0 fully saturated rings. The Labute approximate surface area is 104 Å². The summed E-state index contributed by atoms with van der Waals surface area (Å²) in [5.41, 5.74) is 0.171. The van der Waals surface area contributed by atoms with E-state index in [1.54, 1.807) is 24.4 Å². The number of aliphatic hydroxyl groups excluding tert-OH is 1. The Morgan fingerprint density at radius 2 is 2.29 bits per heavy atom. The van der Waals surface area contributed by atoms with Crippen molar-refractivity contribution in [3.05, 3.63) is 35.7 Å². The molecule has 1 aliphatic rings. The lowest BCUT2D eigenvalue weighted by molar-refractivity contribution is -0.114. The Bertz CT molecular complexity index is 485. The maximum atomic E-state index is 11.6. The average Bonchev–Trinajstić information content (AvgIpc) is 2.30. The highest BCUT2D eigenvalue weighted by Gasteiger charge is 2.23. The predicted molar refractivity (Wildman–Crippen MR) is 68.0 cm³/mol. The minimum Gasteiger partial charge on any atom is -0.510 e. The van der Waals surface area contributed by atoms with Gasteiger partial charge < -0.3 is 15.7 Å². The van der Waals surface area contributed by atoms with Crippen LogP contribution < -0.4 is 10.6 Å². The molecule has 0 aromatic carbocycles. The molecule has 3 N–H and O–H groups in total. The van der Waals surface area contributed by atoms with Crippen LogP contribution in [0, 0.1) is 0 Å². The molecule has 0 radical (unpaired) electrons. The summed E-state index contributed by atoms with van der Waals surface area (Å²) >= 11 is 5.09. The second kappa shape index (κ2) is 5.03. The van der Waals surface area contributed by atoms with Crippen molar-refractivity contribution in [2.24, 2.45) is 0 Å². The number of nitrogens with zero attached hydrogens (tertiary/aromatic N) is 1. The summed E-state index contributed by atoms with van der Waals surface area (Å²) in [6, 6.07) is 5.31. The van der Waals surface area contributed by atoms with E-state index in [2.05, 4.69) is 15.6 Å². The lowest BCUT2D eigenvalue weighted by Gasteiger charge is -2.17. The van der Waals surface area contributed by atoms with E-state index in [-0.39, 0.29) is 35.2 Å². The van der Waals surface area contributed by atoms with E-state index in [1.807, 2.05) is 0 Å². The monoisotopic (exact) mass is 249 g/mol. The maximum absolute atomic E-state index is 11.6. The molecule has 2 rings (SSSR count). The number of rotatable bonds is 2. The molecule has 0 amide bonds. The van der Waals surface area contributed by atoms with E-state index in [0.29, 0.717) is 5.82 Å². The molecular formula is C11H11N3O2S. The van der Waals surface area contributed by atoms with Gasteiger partial charge in [-0.05, 0) is 12.1 Å². The van der Waals surface area contributed by atoms with Crippen molar-refractivity contribution < 1.29 is 9.90 Å². The summed E-state index contributed by atoms with van der Waals surface area (Å²) in [7, 11) is 0. The lowest BCUT2D eigenvalue weighted by Crippen LogP contribution is -2.36. The molecule has 0 bridgehead atoms. The third-order valence-electron chi connectivity index (χ3n) is 2.28.